The molecular formula is C27H34N2O4. The number of anilines is 2. The second-order valence-electron chi connectivity index (χ2n) is 10.1. The van der Waals surface area contributed by atoms with Gasteiger partial charge in [-0.25, -0.2) is 0 Å². The lowest BCUT2D eigenvalue weighted by atomic mass is 9.97. The van der Waals surface area contributed by atoms with Crippen LogP contribution in [0.25, 0.3) is 0 Å². The normalized spacial score (nSPS) is 26.7. The summed E-state index contributed by atoms with van der Waals surface area (Å²) >= 11 is 0. The fraction of sp³-hybridized carbons (Fsp3) is 0.556. The van der Waals surface area contributed by atoms with Gasteiger partial charge in [0.2, 0.25) is 0 Å². The van der Waals surface area contributed by atoms with Crippen molar-refractivity contribution >= 4 is 11.4 Å². The van der Waals surface area contributed by atoms with Crippen molar-refractivity contribution in [3.05, 3.63) is 58.7 Å². The first-order chi connectivity index (χ1) is 16.1. The average Bonchev–Trinajstić information content (AvgIpc) is 3.60. The lowest BCUT2D eigenvalue weighted by molar-refractivity contribution is 0.388. The zero-order valence-corrected chi connectivity index (χ0v) is 19.7. The van der Waals surface area contributed by atoms with E-state index < -0.39 is 0 Å². The van der Waals surface area contributed by atoms with E-state index in [1.54, 1.807) is 0 Å². The fourth-order valence-corrected chi connectivity index (χ4v) is 4.66. The van der Waals surface area contributed by atoms with Crippen LogP contribution in [0.2, 0.25) is 0 Å². The molecule has 0 spiro atoms. The van der Waals surface area contributed by atoms with Gasteiger partial charge in [-0.2, -0.15) is 0 Å². The number of rotatable bonds is 12. The monoisotopic (exact) mass is 450 g/mol. The van der Waals surface area contributed by atoms with Gasteiger partial charge in [0.1, 0.15) is 0 Å². The molecule has 4 heterocycles. The maximum atomic E-state index is 5.59. The molecule has 4 aliphatic heterocycles. The van der Waals surface area contributed by atoms with Crippen molar-refractivity contribution in [3.8, 4) is 0 Å². The Hall–Kier alpha value is -2.12. The Bertz CT molecular complexity index is 888. The molecule has 2 aromatic carbocycles. The van der Waals surface area contributed by atoms with Crippen LogP contribution < -0.4 is 9.80 Å². The Kier molecular flexibility index (Phi) is 5.78. The van der Waals surface area contributed by atoms with E-state index in [9.17, 15) is 0 Å². The number of epoxide rings is 4. The van der Waals surface area contributed by atoms with Gasteiger partial charge in [0.15, 0.2) is 0 Å². The van der Waals surface area contributed by atoms with Crippen LogP contribution >= 0.6 is 0 Å². The topological polar surface area (TPSA) is 56.6 Å². The molecule has 4 saturated heterocycles. The van der Waals surface area contributed by atoms with Crippen molar-refractivity contribution in [1.82, 2.24) is 0 Å². The van der Waals surface area contributed by atoms with E-state index in [4.69, 9.17) is 18.9 Å². The second-order valence-corrected chi connectivity index (χ2v) is 10.1. The van der Waals surface area contributed by atoms with Gasteiger partial charge < -0.3 is 28.7 Å². The van der Waals surface area contributed by atoms with Crippen LogP contribution in [0.4, 0.5) is 11.4 Å². The number of benzene rings is 2. The van der Waals surface area contributed by atoms with Crippen molar-refractivity contribution in [1.29, 1.82) is 0 Å². The SMILES string of the molecule is Cc1ccc(Cc2ccc(C)cc2N(CC2CO2)CC2CO2)c(N(CC2CO2)CC2CO2)c1. The molecule has 6 nitrogen and oxygen atoms in total. The molecule has 0 saturated carbocycles. The van der Waals surface area contributed by atoms with Gasteiger partial charge in [0.25, 0.3) is 0 Å². The van der Waals surface area contributed by atoms with E-state index in [0.29, 0.717) is 24.4 Å². The van der Waals surface area contributed by atoms with Crippen molar-refractivity contribution in [2.45, 2.75) is 44.7 Å². The molecular weight excluding hydrogens is 416 g/mol. The van der Waals surface area contributed by atoms with Crippen LogP contribution in [0.15, 0.2) is 36.4 Å². The number of aryl methyl sites for hydroxylation is 2. The number of nitrogens with zero attached hydrogens (tertiary/aromatic N) is 2. The molecule has 4 atom stereocenters. The quantitative estimate of drug-likeness (QED) is 0.463. The fourth-order valence-electron chi connectivity index (χ4n) is 4.66. The molecule has 0 bridgehead atoms. The molecule has 33 heavy (non-hydrogen) atoms. The molecule has 6 rings (SSSR count). The Morgan fingerprint density at radius 1 is 0.606 bits per heavy atom. The smallest absolute Gasteiger partial charge is 0.0984 e. The van der Waals surface area contributed by atoms with E-state index in [1.165, 1.54) is 33.6 Å². The van der Waals surface area contributed by atoms with E-state index in [1.807, 2.05) is 0 Å². The van der Waals surface area contributed by atoms with Gasteiger partial charge in [0, 0.05) is 44.0 Å². The Balaban J connectivity index is 1.31. The van der Waals surface area contributed by atoms with E-state index in [0.717, 1.165) is 59.0 Å². The molecule has 0 amide bonds. The summed E-state index contributed by atoms with van der Waals surface area (Å²) in [6, 6.07) is 13.8. The maximum absolute atomic E-state index is 5.59. The molecule has 4 aliphatic rings. The van der Waals surface area contributed by atoms with Crippen molar-refractivity contribution in [3.63, 3.8) is 0 Å². The first-order valence-corrected chi connectivity index (χ1v) is 12.3. The number of ether oxygens (including phenoxy) is 4. The summed E-state index contributed by atoms with van der Waals surface area (Å²) in [5.74, 6) is 0. The highest BCUT2D eigenvalue weighted by molar-refractivity contribution is 5.62. The first-order valence-electron chi connectivity index (χ1n) is 12.3. The molecule has 2 aromatic rings. The largest absolute Gasteiger partial charge is 0.371 e. The Morgan fingerprint density at radius 2 is 0.939 bits per heavy atom. The highest BCUT2D eigenvalue weighted by Crippen LogP contribution is 2.33. The molecule has 6 heteroatoms. The molecule has 176 valence electrons. The third-order valence-electron chi connectivity index (χ3n) is 6.85. The van der Waals surface area contributed by atoms with Crippen molar-refractivity contribution in [2.75, 3.05) is 62.4 Å². The molecule has 4 fully saturated rings. The van der Waals surface area contributed by atoms with Gasteiger partial charge in [0.05, 0.1) is 50.8 Å². The summed E-state index contributed by atoms with van der Waals surface area (Å²) in [5.41, 5.74) is 7.92. The third kappa shape index (κ3) is 5.69. The van der Waals surface area contributed by atoms with E-state index in [-0.39, 0.29) is 0 Å². The highest BCUT2D eigenvalue weighted by Gasteiger charge is 2.33. The summed E-state index contributed by atoms with van der Waals surface area (Å²) in [5, 5.41) is 0. The summed E-state index contributed by atoms with van der Waals surface area (Å²) in [4.78, 5) is 4.97. The Labute approximate surface area is 196 Å². The van der Waals surface area contributed by atoms with Crippen LogP contribution in [0, 0.1) is 13.8 Å². The lowest BCUT2D eigenvalue weighted by Gasteiger charge is -2.29. The predicted molar refractivity (Wildman–Crippen MR) is 129 cm³/mol. The van der Waals surface area contributed by atoms with Gasteiger partial charge >= 0.3 is 0 Å². The number of hydrogen-bond acceptors (Lipinski definition) is 6. The predicted octanol–water partition coefficient (Wildman–Crippen LogP) is 3.10. The van der Waals surface area contributed by atoms with Crippen LogP contribution in [0.3, 0.4) is 0 Å². The number of hydrogen-bond donors (Lipinski definition) is 0. The standard InChI is InChI=1S/C27H34N2O4/c1-18-3-5-20(26(7-18)28(10-22-14-30-22)11-23-15-31-23)9-21-6-4-19(2)8-27(21)29(12-24-16-32-24)13-25-17-33-25/h3-8,22-25H,9-17H2,1-2H3. The summed E-state index contributed by atoms with van der Waals surface area (Å²) in [6.07, 6.45) is 2.28. The van der Waals surface area contributed by atoms with Crippen LogP contribution in [0.1, 0.15) is 22.3 Å². The lowest BCUT2D eigenvalue weighted by Crippen LogP contribution is -2.33. The van der Waals surface area contributed by atoms with E-state index >= 15 is 0 Å². The molecule has 0 aromatic heterocycles. The molecule has 0 N–H and O–H groups in total. The average molecular weight is 451 g/mol. The van der Waals surface area contributed by atoms with Gasteiger partial charge in [-0.15, -0.1) is 0 Å². The zero-order valence-electron chi connectivity index (χ0n) is 19.7. The summed E-state index contributed by atoms with van der Waals surface area (Å²) in [7, 11) is 0. The van der Waals surface area contributed by atoms with E-state index in [2.05, 4.69) is 60.0 Å². The minimum atomic E-state index is 0.347. The third-order valence-corrected chi connectivity index (χ3v) is 6.85. The highest BCUT2D eigenvalue weighted by atomic mass is 16.6. The maximum Gasteiger partial charge on any atom is 0.0984 e. The minimum absolute atomic E-state index is 0.347. The van der Waals surface area contributed by atoms with Crippen LogP contribution in [0.5, 0.6) is 0 Å². The van der Waals surface area contributed by atoms with Crippen LogP contribution in [-0.2, 0) is 25.4 Å². The summed E-state index contributed by atoms with van der Waals surface area (Å²) in [6.45, 7) is 11.6. The minimum Gasteiger partial charge on any atom is -0.371 e. The summed E-state index contributed by atoms with van der Waals surface area (Å²) < 4.78 is 22.3. The van der Waals surface area contributed by atoms with Gasteiger partial charge in [-0.05, 0) is 48.2 Å². The van der Waals surface area contributed by atoms with Crippen LogP contribution in [-0.4, -0.2) is 77.0 Å². The molecule has 0 aliphatic carbocycles. The van der Waals surface area contributed by atoms with Crippen molar-refractivity contribution in [2.24, 2.45) is 0 Å². The second kappa shape index (κ2) is 8.91. The molecule has 0 radical (unpaired) electrons. The van der Waals surface area contributed by atoms with Crippen molar-refractivity contribution < 1.29 is 18.9 Å². The first kappa shape index (κ1) is 21.4. The zero-order chi connectivity index (χ0) is 22.4. The van der Waals surface area contributed by atoms with Gasteiger partial charge in [-0.1, -0.05) is 24.3 Å². The van der Waals surface area contributed by atoms with Gasteiger partial charge in [-0.3, -0.25) is 0 Å². The molecule has 4 unspecified atom stereocenters. The Morgan fingerprint density at radius 3 is 1.24 bits per heavy atom.